The highest BCUT2D eigenvalue weighted by molar-refractivity contribution is 6.37. The topological polar surface area (TPSA) is 85.2 Å². The molecule has 0 saturated heterocycles. The standard InChI is InChI=1S/C14H9Cl2N3O2/c15-8-5-10(12(17)11(16)6-8)14-18-13(19-21-14)7-2-1-3-9(20)4-7/h1-6,20H,17H2. The van der Waals surface area contributed by atoms with Crippen molar-refractivity contribution in [2.45, 2.75) is 0 Å². The maximum atomic E-state index is 9.47. The van der Waals surface area contributed by atoms with E-state index in [0.29, 0.717) is 32.7 Å². The fourth-order valence-electron chi connectivity index (χ4n) is 1.86. The van der Waals surface area contributed by atoms with Crippen LogP contribution in [0, 0.1) is 0 Å². The normalized spacial score (nSPS) is 10.8. The van der Waals surface area contributed by atoms with Crippen LogP contribution in [0.15, 0.2) is 40.9 Å². The van der Waals surface area contributed by atoms with Crippen LogP contribution in [0.4, 0.5) is 5.69 Å². The van der Waals surface area contributed by atoms with Gasteiger partial charge in [-0.05, 0) is 24.3 Å². The number of aromatic hydroxyl groups is 1. The van der Waals surface area contributed by atoms with Gasteiger partial charge >= 0.3 is 0 Å². The molecule has 0 fully saturated rings. The Morgan fingerprint density at radius 2 is 1.95 bits per heavy atom. The van der Waals surface area contributed by atoms with Crippen molar-refractivity contribution in [3.05, 3.63) is 46.4 Å². The number of hydrogen-bond acceptors (Lipinski definition) is 5. The van der Waals surface area contributed by atoms with E-state index in [4.69, 9.17) is 33.5 Å². The van der Waals surface area contributed by atoms with Crippen LogP contribution in [-0.4, -0.2) is 15.2 Å². The average molecular weight is 322 g/mol. The molecule has 0 bridgehead atoms. The van der Waals surface area contributed by atoms with E-state index in [9.17, 15) is 5.11 Å². The lowest BCUT2D eigenvalue weighted by Crippen LogP contribution is -1.92. The summed E-state index contributed by atoms with van der Waals surface area (Å²) in [6, 6.07) is 9.66. The molecule has 3 rings (SSSR count). The van der Waals surface area contributed by atoms with Crippen molar-refractivity contribution >= 4 is 28.9 Å². The molecule has 0 radical (unpaired) electrons. The molecule has 1 aromatic heterocycles. The second-order valence-electron chi connectivity index (χ2n) is 4.32. The Bertz CT molecular complexity index is 818. The zero-order chi connectivity index (χ0) is 15.0. The largest absolute Gasteiger partial charge is 0.508 e. The van der Waals surface area contributed by atoms with Crippen LogP contribution < -0.4 is 5.73 Å². The van der Waals surface area contributed by atoms with Crippen molar-refractivity contribution in [1.82, 2.24) is 10.1 Å². The number of phenols is 1. The van der Waals surface area contributed by atoms with Crippen molar-refractivity contribution in [2.24, 2.45) is 0 Å². The molecule has 2 aromatic carbocycles. The minimum Gasteiger partial charge on any atom is -0.508 e. The third-order valence-corrected chi connectivity index (χ3v) is 3.39. The van der Waals surface area contributed by atoms with Gasteiger partial charge in [0.25, 0.3) is 5.89 Å². The fraction of sp³-hybridized carbons (Fsp3) is 0. The summed E-state index contributed by atoms with van der Waals surface area (Å²) in [5.74, 6) is 0.649. The van der Waals surface area contributed by atoms with E-state index in [1.54, 1.807) is 24.3 Å². The number of nitrogen functional groups attached to an aromatic ring is 1. The van der Waals surface area contributed by atoms with Gasteiger partial charge in [0.05, 0.1) is 16.3 Å². The van der Waals surface area contributed by atoms with Crippen LogP contribution in [0.2, 0.25) is 10.0 Å². The molecular weight excluding hydrogens is 313 g/mol. The summed E-state index contributed by atoms with van der Waals surface area (Å²) in [4.78, 5) is 4.25. The summed E-state index contributed by atoms with van der Waals surface area (Å²) >= 11 is 11.9. The van der Waals surface area contributed by atoms with Crippen LogP contribution in [-0.2, 0) is 0 Å². The van der Waals surface area contributed by atoms with Gasteiger partial charge in [0.2, 0.25) is 5.82 Å². The highest BCUT2D eigenvalue weighted by Gasteiger charge is 2.16. The lowest BCUT2D eigenvalue weighted by Gasteiger charge is -2.03. The molecule has 0 spiro atoms. The number of benzene rings is 2. The molecule has 1 heterocycles. The van der Waals surface area contributed by atoms with Gasteiger partial charge in [-0.1, -0.05) is 40.5 Å². The molecule has 5 nitrogen and oxygen atoms in total. The molecule has 0 aliphatic rings. The smallest absolute Gasteiger partial charge is 0.260 e. The Labute approximate surface area is 129 Å². The number of phenolic OH excluding ortho intramolecular Hbond substituents is 1. The summed E-state index contributed by atoms with van der Waals surface area (Å²) in [5, 5.41) is 14.1. The molecule has 0 atom stereocenters. The van der Waals surface area contributed by atoms with Crippen LogP contribution in [0.25, 0.3) is 22.8 Å². The second kappa shape index (κ2) is 5.27. The maximum Gasteiger partial charge on any atom is 0.260 e. The monoisotopic (exact) mass is 321 g/mol. The minimum atomic E-state index is 0.115. The second-order valence-corrected chi connectivity index (χ2v) is 5.17. The first-order valence-electron chi connectivity index (χ1n) is 5.92. The summed E-state index contributed by atoms with van der Waals surface area (Å²) in [5.41, 5.74) is 7.30. The van der Waals surface area contributed by atoms with Crippen LogP contribution in [0.3, 0.4) is 0 Å². The SMILES string of the molecule is Nc1c(Cl)cc(Cl)cc1-c1nc(-c2cccc(O)c2)no1. The van der Waals surface area contributed by atoms with Crippen molar-refractivity contribution in [1.29, 1.82) is 0 Å². The predicted octanol–water partition coefficient (Wildman–Crippen LogP) is 4.00. The van der Waals surface area contributed by atoms with Gasteiger partial charge in [-0.2, -0.15) is 4.98 Å². The number of nitrogens with two attached hydrogens (primary N) is 1. The van der Waals surface area contributed by atoms with Crippen molar-refractivity contribution in [3.63, 3.8) is 0 Å². The molecule has 0 aliphatic carbocycles. The van der Waals surface area contributed by atoms with Crippen molar-refractivity contribution < 1.29 is 9.63 Å². The number of halogens is 2. The molecular formula is C14H9Cl2N3O2. The molecule has 7 heteroatoms. The van der Waals surface area contributed by atoms with Gasteiger partial charge in [0.15, 0.2) is 0 Å². The molecule has 21 heavy (non-hydrogen) atoms. The minimum absolute atomic E-state index is 0.115. The number of nitrogens with zero attached hydrogens (tertiary/aromatic N) is 2. The van der Waals surface area contributed by atoms with Crippen molar-refractivity contribution in [3.8, 4) is 28.6 Å². The number of aromatic nitrogens is 2. The molecule has 0 aliphatic heterocycles. The highest BCUT2D eigenvalue weighted by atomic mass is 35.5. The van der Waals surface area contributed by atoms with Crippen LogP contribution in [0.5, 0.6) is 5.75 Å². The highest BCUT2D eigenvalue weighted by Crippen LogP contribution is 2.34. The van der Waals surface area contributed by atoms with E-state index in [-0.39, 0.29) is 11.6 Å². The number of hydrogen-bond donors (Lipinski definition) is 2. The summed E-state index contributed by atoms with van der Waals surface area (Å²) in [7, 11) is 0. The molecule has 3 aromatic rings. The maximum absolute atomic E-state index is 9.47. The molecule has 0 saturated carbocycles. The molecule has 3 N–H and O–H groups in total. The molecule has 0 unspecified atom stereocenters. The Kier molecular flexibility index (Phi) is 3.45. The van der Waals surface area contributed by atoms with Gasteiger partial charge in [0.1, 0.15) is 5.75 Å². The quantitative estimate of drug-likeness (QED) is 0.697. The lowest BCUT2D eigenvalue weighted by atomic mass is 10.1. The van der Waals surface area contributed by atoms with E-state index in [2.05, 4.69) is 10.1 Å². The van der Waals surface area contributed by atoms with Gasteiger partial charge in [0, 0.05) is 10.6 Å². The third kappa shape index (κ3) is 2.66. The predicted molar refractivity (Wildman–Crippen MR) is 81.3 cm³/mol. The first-order chi connectivity index (χ1) is 10.0. The van der Waals surface area contributed by atoms with Gasteiger partial charge in [-0.25, -0.2) is 0 Å². The summed E-state index contributed by atoms with van der Waals surface area (Å²) in [6.07, 6.45) is 0. The van der Waals surface area contributed by atoms with E-state index in [1.165, 1.54) is 12.1 Å². The van der Waals surface area contributed by atoms with Crippen LogP contribution in [0.1, 0.15) is 0 Å². The Morgan fingerprint density at radius 3 is 2.71 bits per heavy atom. The molecule has 0 amide bonds. The first-order valence-corrected chi connectivity index (χ1v) is 6.68. The molecule has 106 valence electrons. The zero-order valence-corrected chi connectivity index (χ0v) is 12.1. The summed E-state index contributed by atoms with van der Waals surface area (Å²) < 4.78 is 5.20. The van der Waals surface area contributed by atoms with Crippen molar-refractivity contribution in [2.75, 3.05) is 5.73 Å². The van der Waals surface area contributed by atoms with E-state index in [1.807, 2.05) is 0 Å². The lowest BCUT2D eigenvalue weighted by molar-refractivity contribution is 0.432. The summed E-state index contributed by atoms with van der Waals surface area (Å²) in [6.45, 7) is 0. The van der Waals surface area contributed by atoms with E-state index < -0.39 is 0 Å². The fourth-order valence-corrected chi connectivity index (χ4v) is 2.35. The number of rotatable bonds is 2. The van der Waals surface area contributed by atoms with Gasteiger partial charge in [-0.3, -0.25) is 0 Å². The Morgan fingerprint density at radius 1 is 1.14 bits per heavy atom. The third-order valence-electron chi connectivity index (χ3n) is 2.86. The van der Waals surface area contributed by atoms with Crippen LogP contribution >= 0.6 is 23.2 Å². The van der Waals surface area contributed by atoms with E-state index in [0.717, 1.165) is 0 Å². The Balaban J connectivity index is 2.07. The Hall–Kier alpha value is -2.24. The number of anilines is 1. The van der Waals surface area contributed by atoms with E-state index >= 15 is 0 Å². The average Bonchev–Trinajstić information content (AvgIpc) is 2.92. The first kappa shape index (κ1) is 13.7. The van der Waals surface area contributed by atoms with Gasteiger partial charge < -0.3 is 15.4 Å². The van der Waals surface area contributed by atoms with Gasteiger partial charge in [-0.15, -0.1) is 0 Å². The zero-order valence-electron chi connectivity index (χ0n) is 10.5.